The number of thioether (sulfide) groups is 1. The molecule has 0 saturated heterocycles. The summed E-state index contributed by atoms with van der Waals surface area (Å²) in [5.41, 5.74) is 3.27. The number of hydrogen-bond donors (Lipinski definition) is 0. The van der Waals surface area contributed by atoms with E-state index in [-0.39, 0.29) is 0 Å². The predicted octanol–water partition coefficient (Wildman–Crippen LogP) is 7.16. The Balaban J connectivity index is 1.79. The molecule has 0 N–H and O–H groups in total. The van der Waals surface area contributed by atoms with Crippen LogP contribution in [-0.2, 0) is 0 Å². The van der Waals surface area contributed by atoms with Crippen LogP contribution in [0.1, 0.15) is 52.0 Å². The molecule has 0 aromatic heterocycles. The Morgan fingerprint density at radius 3 is 2.29 bits per heavy atom. The highest BCUT2D eigenvalue weighted by Gasteiger charge is 2.27. The van der Waals surface area contributed by atoms with Crippen molar-refractivity contribution in [3.8, 4) is 0 Å². The van der Waals surface area contributed by atoms with Crippen LogP contribution < -0.4 is 0 Å². The van der Waals surface area contributed by atoms with Crippen LogP contribution in [-0.4, -0.2) is 0 Å². The fourth-order valence-electron chi connectivity index (χ4n) is 2.80. The van der Waals surface area contributed by atoms with Gasteiger partial charge < -0.3 is 0 Å². The highest BCUT2D eigenvalue weighted by Crippen LogP contribution is 2.40. The molecule has 0 bridgehead atoms. The summed E-state index contributed by atoms with van der Waals surface area (Å²) >= 11 is 7.67. The van der Waals surface area contributed by atoms with Gasteiger partial charge in [0.15, 0.2) is 0 Å². The Hall–Kier alpha value is -0.660. The Kier molecular flexibility index (Phi) is 6.01. The molecule has 0 amide bonds. The van der Waals surface area contributed by atoms with Crippen LogP contribution in [0, 0.1) is 11.3 Å². The first-order valence-electron chi connectivity index (χ1n) is 7.70. The van der Waals surface area contributed by atoms with Gasteiger partial charge in [-0.15, -0.1) is 11.8 Å². The van der Waals surface area contributed by atoms with Crippen molar-refractivity contribution in [2.45, 2.75) is 46.5 Å². The van der Waals surface area contributed by atoms with Crippen LogP contribution in [0.25, 0.3) is 6.08 Å². The minimum absolute atomic E-state index is 0.465. The van der Waals surface area contributed by atoms with E-state index in [1.807, 2.05) is 24.3 Å². The van der Waals surface area contributed by atoms with Crippen molar-refractivity contribution in [1.82, 2.24) is 0 Å². The Morgan fingerprint density at radius 2 is 1.71 bits per heavy atom. The SMILES string of the molecule is CC(C)(C)C1CCC(=CS/C=C/c2ccc(Cl)cc2)CC1. The third-order valence-electron chi connectivity index (χ3n) is 4.30. The topological polar surface area (TPSA) is 0 Å². The molecule has 0 nitrogen and oxygen atoms in total. The maximum Gasteiger partial charge on any atom is 0.0406 e. The Labute approximate surface area is 138 Å². The van der Waals surface area contributed by atoms with Gasteiger partial charge in [-0.1, -0.05) is 50.1 Å². The molecule has 0 aliphatic heterocycles. The molecule has 0 unspecified atom stereocenters. The molecule has 2 heteroatoms. The van der Waals surface area contributed by atoms with E-state index in [1.54, 1.807) is 17.3 Å². The Morgan fingerprint density at radius 1 is 1.10 bits per heavy atom. The van der Waals surface area contributed by atoms with E-state index in [1.165, 1.54) is 31.2 Å². The zero-order chi connectivity index (χ0) is 15.3. The van der Waals surface area contributed by atoms with Gasteiger partial charge in [-0.05, 0) is 71.6 Å². The molecular weight excluding hydrogens is 296 g/mol. The normalized spacial score (nSPS) is 20.0. The average Bonchev–Trinajstić information content (AvgIpc) is 2.45. The molecule has 21 heavy (non-hydrogen) atoms. The molecular formula is C19H25ClS. The summed E-state index contributed by atoms with van der Waals surface area (Å²) < 4.78 is 0. The first kappa shape index (κ1) is 16.7. The summed E-state index contributed by atoms with van der Waals surface area (Å²) in [6.07, 6.45) is 7.36. The van der Waals surface area contributed by atoms with Crippen molar-refractivity contribution >= 4 is 29.4 Å². The van der Waals surface area contributed by atoms with Crippen LogP contribution in [0.4, 0.5) is 0 Å². The van der Waals surface area contributed by atoms with Crippen molar-refractivity contribution in [1.29, 1.82) is 0 Å². The average molecular weight is 321 g/mol. The summed E-state index contributed by atoms with van der Waals surface area (Å²) in [7, 11) is 0. The molecule has 114 valence electrons. The van der Waals surface area contributed by atoms with Crippen LogP contribution in [0.3, 0.4) is 0 Å². The zero-order valence-electron chi connectivity index (χ0n) is 13.2. The van der Waals surface area contributed by atoms with Crippen molar-refractivity contribution in [3.05, 3.63) is 51.2 Å². The van der Waals surface area contributed by atoms with Gasteiger partial charge in [0.2, 0.25) is 0 Å². The summed E-state index contributed by atoms with van der Waals surface area (Å²) in [6.45, 7) is 7.11. The highest BCUT2D eigenvalue weighted by atomic mass is 35.5. The van der Waals surface area contributed by atoms with Gasteiger partial charge in [-0.3, -0.25) is 0 Å². The van der Waals surface area contributed by atoms with Gasteiger partial charge in [0, 0.05) is 5.02 Å². The van der Waals surface area contributed by atoms with E-state index >= 15 is 0 Å². The van der Waals surface area contributed by atoms with Crippen LogP contribution in [0.2, 0.25) is 5.02 Å². The predicted molar refractivity (Wildman–Crippen MR) is 97.6 cm³/mol. The van der Waals surface area contributed by atoms with E-state index < -0.39 is 0 Å². The second kappa shape index (κ2) is 7.56. The first-order chi connectivity index (χ1) is 9.95. The lowest BCUT2D eigenvalue weighted by molar-refractivity contribution is 0.197. The lowest BCUT2D eigenvalue weighted by Gasteiger charge is -2.34. The lowest BCUT2D eigenvalue weighted by atomic mass is 9.71. The molecule has 1 saturated carbocycles. The molecule has 0 radical (unpaired) electrons. The van der Waals surface area contributed by atoms with Gasteiger partial charge in [-0.25, -0.2) is 0 Å². The third kappa shape index (κ3) is 5.56. The van der Waals surface area contributed by atoms with E-state index in [0.29, 0.717) is 5.41 Å². The number of hydrogen-bond acceptors (Lipinski definition) is 1. The van der Waals surface area contributed by atoms with E-state index in [9.17, 15) is 0 Å². The van der Waals surface area contributed by atoms with Crippen molar-refractivity contribution in [2.24, 2.45) is 11.3 Å². The van der Waals surface area contributed by atoms with E-state index in [4.69, 9.17) is 11.6 Å². The molecule has 1 aromatic rings. The molecule has 1 aromatic carbocycles. The number of rotatable bonds is 3. The molecule has 1 fully saturated rings. The van der Waals surface area contributed by atoms with Gasteiger partial charge in [0.05, 0.1) is 0 Å². The second-order valence-corrected chi connectivity index (χ2v) is 8.12. The summed E-state index contributed by atoms with van der Waals surface area (Å²) in [5.74, 6) is 0.879. The summed E-state index contributed by atoms with van der Waals surface area (Å²) in [4.78, 5) is 0. The minimum atomic E-state index is 0.465. The summed E-state index contributed by atoms with van der Waals surface area (Å²) in [6, 6.07) is 7.94. The van der Waals surface area contributed by atoms with Crippen LogP contribution in [0.15, 0.2) is 40.7 Å². The standard InChI is InChI=1S/C19H25ClS/c1-19(2,3)17-8-4-16(5-9-17)14-21-13-12-15-6-10-18(20)11-7-15/h6-7,10-14,17H,4-5,8-9H2,1-3H3/b13-12+,16-14?. The minimum Gasteiger partial charge on any atom is -0.106 e. The molecule has 0 heterocycles. The maximum atomic E-state index is 5.88. The smallest absolute Gasteiger partial charge is 0.0406 e. The molecule has 2 rings (SSSR count). The fourth-order valence-corrected chi connectivity index (χ4v) is 3.67. The Bertz CT molecular complexity index is 495. The number of benzene rings is 1. The lowest BCUT2D eigenvalue weighted by Crippen LogP contribution is -2.23. The van der Waals surface area contributed by atoms with E-state index in [0.717, 1.165) is 10.9 Å². The first-order valence-corrected chi connectivity index (χ1v) is 9.03. The maximum absolute atomic E-state index is 5.88. The van der Waals surface area contributed by atoms with Gasteiger partial charge >= 0.3 is 0 Å². The number of halogens is 1. The largest absolute Gasteiger partial charge is 0.106 e. The van der Waals surface area contributed by atoms with Crippen molar-refractivity contribution in [2.75, 3.05) is 0 Å². The monoisotopic (exact) mass is 320 g/mol. The van der Waals surface area contributed by atoms with E-state index in [2.05, 4.69) is 37.7 Å². The van der Waals surface area contributed by atoms with Crippen molar-refractivity contribution < 1.29 is 0 Å². The van der Waals surface area contributed by atoms with Crippen LogP contribution >= 0.6 is 23.4 Å². The van der Waals surface area contributed by atoms with Gasteiger partial charge in [-0.2, -0.15) is 0 Å². The molecule has 0 spiro atoms. The zero-order valence-corrected chi connectivity index (χ0v) is 14.8. The fraction of sp³-hybridized carbons (Fsp3) is 0.474. The summed E-state index contributed by atoms with van der Waals surface area (Å²) in [5, 5.41) is 5.29. The number of allylic oxidation sites excluding steroid dienone is 1. The van der Waals surface area contributed by atoms with Gasteiger partial charge in [0.1, 0.15) is 0 Å². The molecule has 1 aliphatic carbocycles. The van der Waals surface area contributed by atoms with Gasteiger partial charge in [0.25, 0.3) is 0 Å². The third-order valence-corrected chi connectivity index (χ3v) is 5.31. The second-order valence-electron chi connectivity index (χ2n) is 6.91. The van der Waals surface area contributed by atoms with Crippen LogP contribution in [0.5, 0.6) is 0 Å². The quantitative estimate of drug-likeness (QED) is 0.569. The molecule has 0 atom stereocenters. The highest BCUT2D eigenvalue weighted by molar-refractivity contribution is 8.05. The molecule has 1 aliphatic rings. The van der Waals surface area contributed by atoms with Crippen molar-refractivity contribution in [3.63, 3.8) is 0 Å².